The summed E-state index contributed by atoms with van der Waals surface area (Å²) in [5.41, 5.74) is 4.42. The van der Waals surface area contributed by atoms with E-state index in [0.29, 0.717) is 28.6 Å². The molecule has 0 fully saturated rings. The van der Waals surface area contributed by atoms with E-state index in [1.165, 1.54) is 6.21 Å². The minimum absolute atomic E-state index is 0.419. The first-order chi connectivity index (χ1) is 16.1. The molecule has 164 valence electrons. The van der Waals surface area contributed by atoms with Crippen molar-refractivity contribution >= 4 is 46.1 Å². The quantitative estimate of drug-likeness (QED) is 0.238. The van der Waals surface area contributed by atoms with Crippen molar-refractivity contribution in [1.29, 1.82) is 0 Å². The molecule has 0 aliphatic carbocycles. The first-order valence-corrected chi connectivity index (χ1v) is 10.6. The van der Waals surface area contributed by atoms with Gasteiger partial charge in [-0.25, -0.2) is 5.43 Å². The minimum Gasteiger partial charge on any atom is -0.489 e. The Bertz CT molecular complexity index is 1330. The molecule has 0 spiro atoms. The summed E-state index contributed by atoms with van der Waals surface area (Å²) in [6, 6.07) is 28.1. The number of hydrazone groups is 1. The molecule has 0 radical (unpaired) electrons. The highest BCUT2D eigenvalue weighted by atomic mass is 35.5. The summed E-state index contributed by atoms with van der Waals surface area (Å²) in [7, 11) is 0. The van der Waals surface area contributed by atoms with Crippen molar-refractivity contribution in [3.05, 3.63) is 107 Å². The van der Waals surface area contributed by atoms with Gasteiger partial charge in [0.05, 0.1) is 6.21 Å². The second-order valence-electron chi connectivity index (χ2n) is 7.16. The molecule has 0 bridgehead atoms. The van der Waals surface area contributed by atoms with E-state index >= 15 is 0 Å². The van der Waals surface area contributed by atoms with E-state index in [0.717, 1.165) is 16.3 Å². The number of hydrogen-bond donors (Lipinski definition) is 2. The Morgan fingerprint density at radius 1 is 0.879 bits per heavy atom. The molecule has 4 rings (SSSR count). The molecule has 0 aliphatic heterocycles. The third-order valence-corrected chi connectivity index (χ3v) is 5.04. The number of rotatable bonds is 6. The van der Waals surface area contributed by atoms with Crippen LogP contribution in [0.4, 0.5) is 5.69 Å². The molecule has 2 N–H and O–H groups in total. The van der Waals surface area contributed by atoms with Crippen LogP contribution in [0, 0.1) is 0 Å². The molecule has 0 aliphatic rings. The predicted octanol–water partition coefficient (Wildman–Crippen LogP) is 5.16. The van der Waals surface area contributed by atoms with Gasteiger partial charge in [-0.15, -0.1) is 0 Å². The van der Waals surface area contributed by atoms with E-state index in [4.69, 9.17) is 16.3 Å². The average molecular weight is 458 g/mol. The number of amides is 2. The predicted molar refractivity (Wildman–Crippen MR) is 131 cm³/mol. The standard InChI is InChI=1S/C26H20ClN3O3/c27-21-10-5-11-22(15-21)29-25(31)26(32)30-28-16-18-6-3-12-23(14-18)33-17-20-9-4-8-19-7-1-2-13-24(19)20/h1-16H,17H2,(H,29,31)(H,30,32)/b28-16+. The summed E-state index contributed by atoms with van der Waals surface area (Å²) in [5.74, 6) is -1.08. The normalized spacial score (nSPS) is 10.8. The highest BCUT2D eigenvalue weighted by Crippen LogP contribution is 2.21. The lowest BCUT2D eigenvalue weighted by atomic mass is 10.1. The molecule has 2 amide bonds. The van der Waals surface area contributed by atoms with Crippen LogP contribution >= 0.6 is 11.6 Å². The van der Waals surface area contributed by atoms with Gasteiger partial charge in [0.2, 0.25) is 0 Å². The van der Waals surface area contributed by atoms with Crippen molar-refractivity contribution < 1.29 is 14.3 Å². The van der Waals surface area contributed by atoms with Crippen LogP contribution in [0.15, 0.2) is 96.1 Å². The molecule has 0 saturated carbocycles. The third kappa shape index (κ3) is 5.96. The summed E-state index contributed by atoms with van der Waals surface area (Å²) in [5, 5.41) is 9.07. The Morgan fingerprint density at radius 2 is 1.67 bits per heavy atom. The van der Waals surface area contributed by atoms with Crippen molar-refractivity contribution in [2.45, 2.75) is 6.61 Å². The van der Waals surface area contributed by atoms with Crippen molar-refractivity contribution in [2.75, 3.05) is 5.32 Å². The Hall–Kier alpha value is -4.16. The number of carbonyl (C=O) groups is 2. The lowest BCUT2D eigenvalue weighted by Crippen LogP contribution is -2.32. The van der Waals surface area contributed by atoms with Crippen molar-refractivity contribution in [3.8, 4) is 5.75 Å². The number of benzene rings is 4. The molecule has 4 aromatic rings. The minimum atomic E-state index is -0.894. The number of anilines is 1. The number of hydrogen-bond acceptors (Lipinski definition) is 4. The zero-order chi connectivity index (χ0) is 23.0. The van der Waals surface area contributed by atoms with Crippen molar-refractivity contribution in [2.24, 2.45) is 5.10 Å². The molecule has 33 heavy (non-hydrogen) atoms. The smallest absolute Gasteiger partial charge is 0.329 e. The number of ether oxygens (including phenoxy) is 1. The van der Waals surface area contributed by atoms with E-state index in [-0.39, 0.29) is 0 Å². The first kappa shape index (κ1) is 22.0. The Morgan fingerprint density at radius 3 is 2.55 bits per heavy atom. The number of nitrogens with zero attached hydrogens (tertiary/aromatic N) is 1. The maximum atomic E-state index is 12.0. The summed E-state index contributed by atoms with van der Waals surface area (Å²) >= 11 is 5.87. The van der Waals surface area contributed by atoms with Gasteiger partial charge in [-0.05, 0) is 52.2 Å². The summed E-state index contributed by atoms with van der Waals surface area (Å²) in [6.07, 6.45) is 1.44. The molecule has 0 atom stereocenters. The zero-order valence-corrected chi connectivity index (χ0v) is 18.3. The van der Waals surface area contributed by atoms with E-state index in [2.05, 4.69) is 34.0 Å². The van der Waals surface area contributed by atoms with Crippen LogP contribution < -0.4 is 15.5 Å². The van der Waals surface area contributed by atoms with Crippen LogP contribution in [-0.4, -0.2) is 18.0 Å². The molecule has 0 unspecified atom stereocenters. The van der Waals surface area contributed by atoms with Gasteiger partial charge in [0, 0.05) is 10.7 Å². The second kappa shape index (κ2) is 10.4. The molecule has 6 nitrogen and oxygen atoms in total. The fourth-order valence-corrected chi connectivity index (χ4v) is 3.42. The van der Waals surface area contributed by atoms with Crippen LogP contribution in [-0.2, 0) is 16.2 Å². The van der Waals surface area contributed by atoms with Gasteiger partial charge < -0.3 is 10.1 Å². The number of carbonyl (C=O) groups excluding carboxylic acids is 2. The lowest BCUT2D eigenvalue weighted by molar-refractivity contribution is -0.136. The second-order valence-corrected chi connectivity index (χ2v) is 7.60. The summed E-state index contributed by atoms with van der Waals surface area (Å²) in [6.45, 7) is 0.419. The average Bonchev–Trinajstić information content (AvgIpc) is 2.83. The first-order valence-electron chi connectivity index (χ1n) is 10.2. The van der Waals surface area contributed by atoms with Crippen LogP contribution in [0.2, 0.25) is 5.02 Å². The summed E-state index contributed by atoms with van der Waals surface area (Å²) < 4.78 is 5.96. The molecular weight excluding hydrogens is 438 g/mol. The topological polar surface area (TPSA) is 79.8 Å². The maximum absolute atomic E-state index is 12.0. The van der Waals surface area contributed by atoms with Gasteiger partial charge in [0.1, 0.15) is 12.4 Å². The van der Waals surface area contributed by atoms with Gasteiger partial charge in [-0.1, -0.05) is 72.3 Å². The van der Waals surface area contributed by atoms with Crippen LogP contribution in [0.25, 0.3) is 10.8 Å². The van der Waals surface area contributed by atoms with Crippen LogP contribution in [0.5, 0.6) is 5.75 Å². The van der Waals surface area contributed by atoms with Gasteiger partial charge in [-0.2, -0.15) is 5.10 Å². The largest absolute Gasteiger partial charge is 0.489 e. The molecule has 0 saturated heterocycles. The Kier molecular flexibility index (Phi) is 6.97. The van der Waals surface area contributed by atoms with E-state index < -0.39 is 11.8 Å². The van der Waals surface area contributed by atoms with E-state index in [1.54, 1.807) is 30.3 Å². The monoisotopic (exact) mass is 457 g/mol. The molecular formula is C26H20ClN3O3. The fourth-order valence-electron chi connectivity index (χ4n) is 3.23. The van der Waals surface area contributed by atoms with E-state index in [9.17, 15) is 9.59 Å². The van der Waals surface area contributed by atoms with Crippen LogP contribution in [0.3, 0.4) is 0 Å². The lowest BCUT2D eigenvalue weighted by Gasteiger charge is -2.09. The molecule has 0 aromatic heterocycles. The van der Waals surface area contributed by atoms with E-state index in [1.807, 2.05) is 42.5 Å². The highest BCUT2D eigenvalue weighted by Gasteiger charge is 2.12. The maximum Gasteiger partial charge on any atom is 0.329 e. The number of fused-ring (bicyclic) bond motifs is 1. The van der Waals surface area contributed by atoms with Gasteiger partial charge in [-0.3, -0.25) is 9.59 Å². The fraction of sp³-hybridized carbons (Fsp3) is 0.0385. The highest BCUT2D eigenvalue weighted by molar-refractivity contribution is 6.39. The summed E-state index contributed by atoms with van der Waals surface area (Å²) in [4.78, 5) is 23.9. The van der Waals surface area contributed by atoms with Gasteiger partial charge in [0.25, 0.3) is 0 Å². The van der Waals surface area contributed by atoms with Crippen molar-refractivity contribution in [3.63, 3.8) is 0 Å². The Balaban J connectivity index is 1.33. The third-order valence-electron chi connectivity index (χ3n) is 4.80. The van der Waals surface area contributed by atoms with Crippen molar-refractivity contribution in [1.82, 2.24) is 5.43 Å². The van der Waals surface area contributed by atoms with Crippen LogP contribution in [0.1, 0.15) is 11.1 Å². The van der Waals surface area contributed by atoms with Gasteiger partial charge in [0.15, 0.2) is 0 Å². The number of halogens is 1. The SMILES string of the molecule is O=C(N/N=C/c1cccc(OCc2cccc3ccccc23)c1)C(=O)Nc1cccc(Cl)c1. The molecule has 7 heteroatoms. The molecule has 4 aromatic carbocycles. The zero-order valence-electron chi connectivity index (χ0n) is 17.5. The van der Waals surface area contributed by atoms with Gasteiger partial charge >= 0.3 is 11.8 Å². The Labute approximate surface area is 195 Å². The number of nitrogens with one attached hydrogen (secondary N) is 2. The molecule has 0 heterocycles.